The maximum absolute atomic E-state index is 13.4. The highest BCUT2D eigenvalue weighted by Gasteiger charge is 2.19. The smallest absolute Gasteiger partial charge is 0.127 e. The minimum Gasteiger partial charge on any atom is -0.507 e. The largest absolute Gasteiger partial charge is 0.507 e. The van der Waals surface area contributed by atoms with Crippen LogP contribution in [0.15, 0.2) is 6.07 Å². The topological polar surface area (TPSA) is 66.5 Å². The fourth-order valence-electron chi connectivity index (χ4n) is 1.60. The Morgan fingerprint density at radius 1 is 1.47 bits per heavy atom. The second-order valence-electron chi connectivity index (χ2n) is 3.66. The number of halogens is 1. The van der Waals surface area contributed by atoms with Crippen LogP contribution in [0.2, 0.25) is 0 Å². The maximum Gasteiger partial charge on any atom is 0.127 e. The van der Waals surface area contributed by atoms with E-state index in [-0.39, 0.29) is 23.4 Å². The lowest BCUT2D eigenvalue weighted by Crippen LogP contribution is -2.09. The third-order valence-electron chi connectivity index (χ3n) is 2.51. The quantitative estimate of drug-likeness (QED) is 0.713. The average Bonchev–Trinajstić information content (AvgIpc) is 2.16. The van der Waals surface area contributed by atoms with Crippen LogP contribution in [0.1, 0.15) is 29.2 Å². The minimum absolute atomic E-state index is 0.0464. The average molecular weight is 213 g/mol. The Balaban J connectivity index is 3.26. The summed E-state index contributed by atoms with van der Waals surface area (Å²) in [6, 6.07) is 1.25. The molecule has 1 aromatic rings. The summed E-state index contributed by atoms with van der Waals surface area (Å²) in [6.45, 7) is 3.41. The van der Waals surface area contributed by atoms with Gasteiger partial charge in [-0.1, -0.05) is 0 Å². The molecule has 0 aliphatic rings. The molecule has 84 valence electrons. The van der Waals surface area contributed by atoms with Gasteiger partial charge < -0.3 is 15.9 Å². The Labute approximate surface area is 88.4 Å². The molecule has 0 aliphatic carbocycles. The lowest BCUT2D eigenvalue weighted by atomic mass is 9.97. The molecule has 0 radical (unpaired) electrons. The number of phenolic OH excluding ortho intramolecular Hbond substituents is 1. The van der Waals surface area contributed by atoms with E-state index in [1.807, 2.05) is 0 Å². The monoisotopic (exact) mass is 213 g/mol. The normalized spacial score (nSPS) is 12.9. The Morgan fingerprint density at radius 3 is 2.60 bits per heavy atom. The molecule has 0 saturated carbocycles. The van der Waals surface area contributed by atoms with E-state index in [0.29, 0.717) is 12.0 Å². The van der Waals surface area contributed by atoms with Crippen LogP contribution >= 0.6 is 0 Å². The van der Waals surface area contributed by atoms with Crippen LogP contribution in [-0.4, -0.2) is 16.8 Å². The van der Waals surface area contributed by atoms with Crippen molar-refractivity contribution in [1.29, 1.82) is 0 Å². The van der Waals surface area contributed by atoms with Gasteiger partial charge in [-0.2, -0.15) is 0 Å². The van der Waals surface area contributed by atoms with Crippen LogP contribution in [0.5, 0.6) is 5.75 Å². The van der Waals surface area contributed by atoms with Gasteiger partial charge in [-0.05, 0) is 44.0 Å². The first-order chi connectivity index (χ1) is 6.99. The maximum atomic E-state index is 13.4. The number of rotatable bonds is 3. The molecule has 1 unspecified atom stereocenters. The minimum atomic E-state index is -0.913. The zero-order valence-electron chi connectivity index (χ0n) is 8.92. The zero-order chi connectivity index (χ0) is 11.6. The molecule has 0 heterocycles. The Morgan fingerprint density at radius 2 is 2.07 bits per heavy atom. The van der Waals surface area contributed by atoms with Gasteiger partial charge in [-0.15, -0.1) is 0 Å². The highest BCUT2D eigenvalue weighted by atomic mass is 19.1. The molecule has 15 heavy (non-hydrogen) atoms. The van der Waals surface area contributed by atoms with Crippen molar-refractivity contribution < 1.29 is 14.6 Å². The Hall–Kier alpha value is -1.13. The number of aromatic hydroxyl groups is 1. The Bertz CT molecular complexity index is 340. The van der Waals surface area contributed by atoms with Crippen LogP contribution in [0.3, 0.4) is 0 Å². The standard InChI is InChI=1S/C11H16FNO2/c1-6-5-8(12)7(2)10(11(6)15)9(14)3-4-13/h5,9,14-15H,3-4,13H2,1-2H3. The molecule has 1 rings (SSSR count). The van der Waals surface area contributed by atoms with E-state index < -0.39 is 11.9 Å². The number of benzene rings is 1. The van der Waals surface area contributed by atoms with Gasteiger partial charge in [0.2, 0.25) is 0 Å². The molecule has 0 spiro atoms. The SMILES string of the molecule is Cc1cc(F)c(C)c(C(O)CCN)c1O. The lowest BCUT2D eigenvalue weighted by molar-refractivity contribution is 0.165. The molecule has 1 aromatic carbocycles. The van der Waals surface area contributed by atoms with E-state index in [0.717, 1.165) is 0 Å². The second kappa shape index (κ2) is 4.59. The number of aliphatic hydroxyl groups excluding tert-OH is 1. The van der Waals surface area contributed by atoms with E-state index in [1.165, 1.54) is 13.0 Å². The van der Waals surface area contributed by atoms with Gasteiger partial charge >= 0.3 is 0 Å². The second-order valence-corrected chi connectivity index (χ2v) is 3.66. The summed E-state index contributed by atoms with van der Waals surface area (Å²) in [4.78, 5) is 0. The molecule has 3 nitrogen and oxygen atoms in total. The number of aliphatic hydroxyl groups is 1. The number of hydrogen-bond donors (Lipinski definition) is 3. The van der Waals surface area contributed by atoms with Gasteiger partial charge in [0.25, 0.3) is 0 Å². The number of phenols is 1. The van der Waals surface area contributed by atoms with Crippen LogP contribution in [0.4, 0.5) is 4.39 Å². The molecule has 0 bridgehead atoms. The van der Waals surface area contributed by atoms with E-state index in [9.17, 15) is 14.6 Å². The molecule has 0 amide bonds. The summed E-state index contributed by atoms with van der Waals surface area (Å²) in [5.41, 5.74) is 6.25. The lowest BCUT2D eigenvalue weighted by Gasteiger charge is -2.16. The number of nitrogens with two attached hydrogens (primary N) is 1. The molecule has 0 saturated heterocycles. The Kier molecular flexibility index (Phi) is 3.66. The molecule has 0 aliphatic heterocycles. The summed E-state index contributed by atoms with van der Waals surface area (Å²) >= 11 is 0. The van der Waals surface area contributed by atoms with E-state index in [4.69, 9.17) is 5.73 Å². The van der Waals surface area contributed by atoms with Crippen LogP contribution in [0.25, 0.3) is 0 Å². The molecule has 0 aromatic heterocycles. The molecule has 4 N–H and O–H groups in total. The van der Waals surface area contributed by atoms with Gasteiger partial charge in [0.05, 0.1) is 6.10 Å². The first-order valence-corrected chi connectivity index (χ1v) is 4.85. The van der Waals surface area contributed by atoms with Gasteiger partial charge in [-0.3, -0.25) is 0 Å². The van der Waals surface area contributed by atoms with Crippen molar-refractivity contribution in [3.05, 3.63) is 28.6 Å². The van der Waals surface area contributed by atoms with Crippen molar-refractivity contribution in [2.24, 2.45) is 5.73 Å². The number of hydrogen-bond acceptors (Lipinski definition) is 3. The number of aryl methyl sites for hydroxylation is 1. The van der Waals surface area contributed by atoms with Crippen molar-refractivity contribution in [3.63, 3.8) is 0 Å². The van der Waals surface area contributed by atoms with Crippen molar-refractivity contribution in [2.75, 3.05) is 6.54 Å². The molecule has 4 heteroatoms. The molecule has 0 fully saturated rings. The van der Waals surface area contributed by atoms with Crippen LogP contribution in [0, 0.1) is 19.7 Å². The summed E-state index contributed by atoms with van der Waals surface area (Å²) in [5.74, 6) is -0.466. The highest BCUT2D eigenvalue weighted by Crippen LogP contribution is 2.33. The van der Waals surface area contributed by atoms with E-state index >= 15 is 0 Å². The van der Waals surface area contributed by atoms with Crippen molar-refractivity contribution in [3.8, 4) is 5.75 Å². The summed E-state index contributed by atoms with van der Waals surface area (Å²) in [7, 11) is 0. The third-order valence-corrected chi connectivity index (χ3v) is 2.51. The fourth-order valence-corrected chi connectivity index (χ4v) is 1.60. The predicted molar refractivity (Wildman–Crippen MR) is 56.2 cm³/mol. The van der Waals surface area contributed by atoms with Crippen molar-refractivity contribution in [1.82, 2.24) is 0 Å². The fraction of sp³-hybridized carbons (Fsp3) is 0.455. The van der Waals surface area contributed by atoms with Crippen LogP contribution < -0.4 is 5.73 Å². The van der Waals surface area contributed by atoms with Crippen molar-refractivity contribution in [2.45, 2.75) is 26.4 Å². The summed E-state index contributed by atoms with van der Waals surface area (Å²) in [5, 5.41) is 19.5. The van der Waals surface area contributed by atoms with Gasteiger partial charge in [0.15, 0.2) is 0 Å². The first-order valence-electron chi connectivity index (χ1n) is 4.85. The van der Waals surface area contributed by atoms with E-state index in [1.54, 1.807) is 6.92 Å². The van der Waals surface area contributed by atoms with Gasteiger partial charge in [0.1, 0.15) is 11.6 Å². The summed E-state index contributed by atoms with van der Waals surface area (Å²) in [6.07, 6.45) is -0.610. The first kappa shape index (κ1) is 11.9. The van der Waals surface area contributed by atoms with Crippen molar-refractivity contribution >= 4 is 0 Å². The highest BCUT2D eigenvalue weighted by molar-refractivity contribution is 5.46. The van der Waals surface area contributed by atoms with Gasteiger partial charge in [-0.25, -0.2) is 4.39 Å². The molecular formula is C11H16FNO2. The van der Waals surface area contributed by atoms with E-state index in [2.05, 4.69) is 0 Å². The van der Waals surface area contributed by atoms with Gasteiger partial charge in [0, 0.05) is 5.56 Å². The third kappa shape index (κ3) is 2.27. The molecular weight excluding hydrogens is 197 g/mol. The summed E-state index contributed by atoms with van der Waals surface area (Å²) < 4.78 is 13.4. The van der Waals surface area contributed by atoms with Crippen LogP contribution in [-0.2, 0) is 0 Å². The molecule has 1 atom stereocenters. The zero-order valence-corrected chi connectivity index (χ0v) is 8.92. The predicted octanol–water partition coefficient (Wildman–Crippen LogP) is 1.53.